The van der Waals surface area contributed by atoms with Gasteiger partial charge in [0.15, 0.2) is 0 Å². The maximum Gasteiger partial charge on any atom is 0.282 e. The van der Waals surface area contributed by atoms with Crippen molar-refractivity contribution in [3.8, 4) is 0 Å². The first-order valence-electron chi connectivity index (χ1n) is 9.40. The number of nitrogens with one attached hydrogen (secondary N) is 1. The molecule has 0 spiro atoms. The molecule has 0 bridgehead atoms. The average Bonchev–Trinajstić information content (AvgIpc) is 3.34. The van der Waals surface area contributed by atoms with E-state index in [-0.39, 0.29) is 5.69 Å². The smallest absolute Gasteiger partial charge is 0.282 e. The van der Waals surface area contributed by atoms with Crippen LogP contribution in [0.4, 0.5) is 8.78 Å². The number of fused-ring (bicyclic) bond motifs is 1. The number of aromatic nitrogens is 5. The number of aromatic amines is 1. The molecule has 156 valence electrons. The zero-order valence-corrected chi connectivity index (χ0v) is 16.5. The van der Waals surface area contributed by atoms with Crippen molar-refractivity contribution in [2.45, 2.75) is 25.8 Å². The Bertz CT molecular complexity index is 1120. The molecule has 3 aromatic heterocycles. The highest BCUT2D eigenvalue weighted by molar-refractivity contribution is 5.93. The molecule has 10 heteroatoms. The predicted octanol–water partition coefficient (Wildman–Crippen LogP) is 2.52. The fraction of sp³-hybridized carbons (Fsp3) is 0.300. The van der Waals surface area contributed by atoms with E-state index in [2.05, 4.69) is 20.1 Å². The first kappa shape index (κ1) is 19.7. The molecule has 1 amide bonds. The van der Waals surface area contributed by atoms with Gasteiger partial charge in [0.05, 0.1) is 17.7 Å². The number of alkyl halides is 2. The van der Waals surface area contributed by atoms with Gasteiger partial charge >= 0.3 is 0 Å². The average molecular weight is 413 g/mol. The summed E-state index contributed by atoms with van der Waals surface area (Å²) < 4.78 is 27.3. The number of pyridine rings is 1. The van der Waals surface area contributed by atoms with Crippen molar-refractivity contribution in [2.24, 2.45) is 12.8 Å². The van der Waals surface area contributed by atoms with Crippen LogP contribution < -0.4 is 5.73 Å². The molecule has 4 heterocycles. The number of carbonyl (C=O) groups is 1. The van der Waals surface area contributed by atoms with Gasteiger partial charge in [-0.2, -0.15) is 5.10 Å². The summed E-state index contributed by atoms with van der Waals surface area (Å²) >= 11 is 0. The minimum absolute atomic E-state index is 0.0658. The lowest BCUT2D eigenvalue weighted by molar-refractivity contribution is 0.0675. The third-order valence-electron chi connectivity index (χ3n) is 5.20. The van der Waals surface area contributed by atoms with Gasteiger partial charge in [-0.3, -0.25) is 14.5 Å². The van der Waals surface area contributed by atoms with Gasteiger partial charge in [0.25, 0.3) is 12.3 Å². The summed E-state index contributed by atoms with van der Waals surface area (Å²) in [4.78, 5) is 26.6. The summed E-state index contributed by atoms with van der Waals surface area (Å²) in [5.74, 6) is -0.440. The van der Waals surface area contributed by atoms with Gasteiger partial charge in [-0.05, 0) is 30.7 Å². The number of rotatable bonds is 4. The van der Waals surface area contributed by atoms with Crippen LogP contribution in [0.1, 0.15) is 51.3 Å². The molecular weight excluding hydrogens is 392 g/mol. The Hall–Kier alpha value is -3.56. The first-order chi connectivity index (χ1) is 14.4. The van der Waals surface area contributed by atoms with Gasteiger partial charge in [0.1, 0.15) is 17.4 Å². The molecular formula is C20H21F2N7O. The predicted molar refractivity (Wildman–Crippen MR) is 105 cm³/mol. The normalized spacial score (nSPS) is 16.8. The molecule has 0 radical (unpaired) electrons. The van der Waals surface area contributed by atoms with Gasteiger partial charge < -0.3 is 15.6 Å². The summed E-state index contributed by atoms with van der Waals surface area (Å²) in [6.07, 6.45) is 2.73. The molecule has 3 N–H and O–H groups in total. The molecule has 1 atom stereocenters. The minimum atomic E-state index is -2.76. The van der Waals surface area contributed by atoms with E-state index in [1.54, 1.807) is 23.5 Å². The molecule has 0 fully saturated rings. The third kappa shape index (κ3) is 3.44. The summed E-state index contributed by atoms with van der Waals surface area (Å²) in [6.45, 7) is 2.26. The van der Waals surface area contributed by atoms with Gasteiger partial charge in [-0.25, -0.2) is 13.8 Å². The summed E-state index contributed by atoms with van der Waals surface area (Å²) in [5, 5.41) is 3.75. The van der Waals surface area contributed by atoms with Gasteiger partial charge in [0, 0.05) is 37.6 Å². The number of carbonyl (C=O) groups excluding carboxylic acids is 1. The Kier molecular flexibility index (Phi) is 5.06. The second-order valence-electron chi connectivity index (χ2n) is 7.15. The van der Waals surface area contributed by atoms with Crippen LogP contribution in [-0.2, 0) is 13.5 Å². The van der Waals surface area contributed by atoms with E-state index in [1.807, 2.05) is 19.1 Å². The molecule has 8 nitrogen and oxygen atoms in total. The molecule has 3 aromatic rings. The number of H-pyrrole nitrogens is 1. The Morgan fingerprint density at radius 3 is 2.90 bits per heavy atom. The van der Waals surface area contributed by atoms with Crippen LogP contribution in [0.3, 0.4) is 0 Å². The minimum Gasteiger partial charge on any atom is -0.400 e. The number of nitrogens with two attached hydrogens (primary N) is 1. The Labute approximate surface area is 171 Å². The second kappa shape index (κ2) is 7.69. The van der Waals surface area contributed by atoms with E-state index in [0.29, 0.717) is 30.1 Å². The van der Waals surface area contributed by atoms with Crippen LogP contribution in [0.2, 0.25) is 0 Å². The Morgan fingerprint density at radius 2 is 2.20 bits per heavy atom. The molecule has 1 aliphatic heterocycles. The fourth-order valence-corrected chi connectivity index (χ4v) is 3.66. The molecule has 0 saturated carbocycles. The van der Waals surface area contributed by atoms with Gasteiger partial charge in [0.2, 0.25) is 0 Å². The van der Waals surface area contributed by atoms with Crippen molar-refractivity contribution in [3.63, 3.8) is 0 Å². The van der Waals surface area contributed by atoms with Crippen molar-refractivity contribution in [1.82, 2.24) is 29.6 Å². The van der Waals surface area contributed by atoms with E-state index in [9.17, 15) is 13.6 Å². The lowest BCUT2D eigenvalue weighted by Crippen LogP contribution is -2.43. The summed E-state index contributed by atoms with van der Waals surface area (Å²) in [6, 6.07) is 4.21. The zero-order chi connectivity index (χ0) is 21.4. The highest BCUT2D eigenvalue weighted by atomic mass is 19.3. The lowest BCUT2D eigenvalue weighted by Gasteiger charge is -2.35. The maximum absolute atomic E-state index is 13.3. The number of amides is 1. The molecule has 1 unspecified atom stereocenters. The van der Waals surface area contributed by atoms with Gasteiger partial charge in [-0.15, -0.1) is 0 Å². The first-order valence-corrected chi connectivity index (χ1v) is 9.40. The largest absolute Gasteiger partial charge is 0.400 e. The van der Waals surface area contributed by atoms with E-state index >= 15 is 0 Å². The monoisotopic (exact) mass is 413 g/mol. The highest BCUT2D eigenvalue weighted by Gasteiger charge is 2.36. The zero-order valence-electron chi connectivity index (χ0n) is 16.5. The second-order valence-corrected chi connectivity index (χ2v) is 7.15. The van der Waals surface area contributed by atoms with Crippen molar-refractivity contribution in [2.75, 3.05) is 6.54 Å². The van der Waals surface area contributed by atoms with E-state index in [4.69, 9.17) is 5.73 Å². The van der Waals surface area contributed by atoms with Crippen LogP contribution >= 0.6 is 0 Å². The van der Waals surface area contributed by atoms with Crippen molar-refractivity contribution < 1.29 is 13.6 Å². The fourth-order valence-electron chi connectivity index (χ4n) is 3.66. The highest BCUT2D eigenvalue weighted by Crippen LogP contribution is 2.33. The van der Waals surface area contributed by atoms with Crippen molar-refractivity contribution in [1.29, 1.82) is 0 Å². The van der Waals surface area contributed by atoms with Crippen LogP contribution in [0, 0.1) is 6.92 Å². The number of halogens is 2. The molecule has 0 aliphatic carbocycles. The summed E-state index contributed by atoms with van der Waals surface area (Å²) in [5.41, 5.74) is 9.60. The Morgan fingerprint density at radius 1 is 1.40 bits per heavy atom. The molecule has 4 rings (SSSR count). The van der Waals surface area contributed by atoms with Crippen LogP contribution in [0.15, 0.2) is 36.4 Å². The van der Waals surface area contributed by atoms with E-state index in [0.717, 1.165) is 17.3 Å². The third-order valence-corrected chi connectivity index (χ3v) is 5.20. The quantitative estimate of drug-likeness (QED) is 0.684. The lowest BCUT2D eigenvalue weighted by atomic mass is 9.98. The maximum atomic E-state index is 13.3. The SMILES string of the molecule is Cc1cccnc1/C=C(\N)C1c2nc[nH]c2CCN1C(=O)c1cc(C(F)F)nn1C. The topological polar surface area (TPSA) is 106 Å². The molecule has 0 aromatic carbocycles. The number of hydrogen-bond acceptors (Lipinski definition) is 5. The summed E-state index contributed by atoms with van der Waals surface area (Å²) in [7, 11) is 1.47. The standard InChI is InChI=1S/C20H21F2N7O/c1-11-4-3-6-24-14(11)8-12(23)18-17-13(25-10-26-17)5-7-29(18)20(30)16-9-15(19(21)22)27-28(16)2/h3-4,6,8-10,18-19H,5,7,23H2,1-2H3,(H,25,26)/b12-8-. The van der Waals surface area contributed by atoms with Crippen LogP contribution in [0.25, 0.3) is 6.08 Å². The molecule has 30 heavy (non-hydrogen) atoms. The van der Waals surface area contributed by atoms with Crippen LogP contribution in [-0.4, -0.2) is 42.1 Å². The number of imidazole rings is 1. The van der Waals surface area contributed by atoms with E-state index in [1.165, 1.54) is 11.7 Å². The number of hydrogen-bond donors (Lipinski definition) is 2. The van der Waals surface area contributed by atoms with Crippen molar-refractivity contribution in [3.05, 3.63) is 70.5 Å². The van der Waals surface area contributed by atoms with Gasteiger partial charge in [-0.1, -0.05) is 6.07 Å². The molecule has 1 aliphatic rings. The van der Waals surface area contributed by atoms with Crippen LogP contribution in [0.5, 0.6) is 0 Å². The Balaban J connectivity index is 1.75. The van der Waals surface area contributed by atoms with E-state index < -0.39 is 24.1 Å². The molecule has 0 saturated heterocycles. The number of nitrogens with zero attached hydrogens (tertiary/aromatic N) is 5. The number of aryl methyl sites for hydroxylation is 2. The van der Waals surface area contributed by atoms with Crippen molar-refractivity contribution >= 4 is 12.0 Å².